The Labute approximate surface area is 271 Å². The number of hydrogen-bond acceptors (Lipinski definition) is 3. The minimum atomic E-state index is -0.277. The van der Waals surface area contributed by atoms with Crippen molar-refractivity contribution >= 4 is 60.9 Å². The Kier molecular flexibility index (Phi) is 5.41. The lowest BCUT2D eigenvalue weighted by molar-refractivity contribution is 0.667. The highest BCUT2D eigenvalue weighted by atomic mass is 16.3. The highest BCUT2D eigenvalue weighted by molar-refractivity contribution is 6.08. The van der Waals surface area contributed by atoms with Gasteiger partial charge in [0.15, 0.2) is 0 Å². The molecule has 0 aliphatic heterocycles. The van der Waals surface area contributed by atoms with Crippen LogP contribution in [0.25, 0.3) is 55.0 Å². The number of anilines is 3. The summed E-state index contributed by atoms with van der Waals surface area (Å²) in [5.74, 6) is 0. The largest absolute Gasteiger partial charge is 0.456 e. The summed E-state index contributed by atoms with van der Waals surface area (Å²) in [6.45, 7) is 2.36. The predicted molar refractivity (Wildman–Crippen MR) is 193 cm³/mol. The van der Waals surface area contributed by atoms with Crippen LogP contribution < -0.4 is 4.90 Å². The Bertz CT molecular complexity index is 2620. The first-order valence-corrected chi connectivity index (χ1v) is 16.1. The zero-order chi connectivity index (χ0) is 31.1. The molecule has 0 atom stereocenters. The summed E-state index contributed by atoms with van der Waals surface area (Å²) in [4.78, 5) is 2.29. The highest BCUT2D eigenvalue weighted by Crippen LogP contribution is 2.53. The average Bonchev–Trinajstić information content (AvgIpc) is 3.77. The van der Waals surface area contributed by atoms with Gasteiger partial charge in [-0.25, -0.2) is 0 Å². The first-order chi connectivity index (χ1) is 23.2. The first-order valence-electron chi connectivity index (χ1n) is 16.1. The van der Waals surface area contributed by atoms with E-state index in [-0.39, 0.29) is 5.41 Å². The summed E-state index contributed by atoms with van der Waals surface area (Å²) in [6, 6.07) is 56.1. The van der Waals surface area contributed by atoms with E-state index < -0.39 is 0 Å². The van der Waals surface area contributed by atoms with Crippen LogP contribution in [0.1, 0.15) is 23.6 Å². The number of fused-ring (bicyclic) bond motifs is 9. The van der Waals surface area contributed by atoms with Gasteiger partial charge in [-0.1, -0.05) is 91.0 Å². The van der Waals surface area contributed by atoms with Crippen LogP contribution in [0.15, 0.2) is 167 Å². The Balaban J connectivity index is 1.16. The van der Waals surface area contributed by atoms with E-state index >= 15 is 0 Å². The van der Waals surface area contributed by atoms with Gasteiger partial charge >= 0.3 is 0 Å². The van der Waals surface area contributed by atoms with Crippen molar-refractivity contribution in [2.45, 2.75) is 12.3 Å². The molecular formula is C44H29NO2. The molecule has 7 aromatic carbocycles. The molecule has 1 aliphatic rings. The van der Waals surface area contributed by atoms with Crippen molar-refractivity contribution in [1.29, 1.82) is 0 Å². The maximum atomic E-state index is 6.45. The standard InChI is InChI=1S/C44H29NO2/c1-44(38-16-8-5-13-32(38)33-14-6-9-17-39(33)44)28-19-23-41-36(25-28)37-26-30(21-24-42(37)46-41)45(29-11-3-2-4-12-29)31-20-22-35-34-15-7-10-18-40(34)47-43(35)27-31/h2-27H,1H3. The van der Waals surface area contributed by atoms with E-state index in [4.69, 9.17) is 8.83 Å². The van der Waals surface area contributed by atoms with E-state index in [1.54, 1.807) is 0 Å². The lowest BCUT2D eigenvalue weighted by atomic mass is 9.74. The number of hydrogen-bond donors (Lipinski definition) is 0. The SMILES string of the molecule is CC1(c2ccc3oc4ccc(N(c5ccccc5)c5ccc6c(c5)oc5ccccc56)cc4c3c2)c2ccccc2-c2ccccc21. The van der Waals surface area contributed by atoms with Crippen LogP contribution in [-0.2, 0) is 5.41 Å². The zero-order valence-corrected chi connectivity index (χ0v) is 25.8. The van der Waals surface area contributed by atoms with Crippen molar-refractivity contribution in [2.24, 2.45) is 0 Å². The number of para-hydroxylation sites is 2. The maximum absolute atomic E-state index is 6.45. The summed E-state index contributed by atoms with van der Waals surface area (Å²) in [5.41, 5.74) is 13.0. The molecule has 0 saturated carbocycles. The Hall–Kier alpha value is -6.06. The second-order valence-electron chi connectivity index (χ2n) is 12.7. The Morgan fingerprint density at radius 1 is 0.404 bits per heavy atom. The van der Waals surface area contributed by atoms with Crippen LogP contribution >= 0.6 is 0 Å². The molecule has 0 radical (unpaired) electrons. The van der Waals surface area contributed by atoms with Gasteiger partial charge in [-0.2, -0.15) is 0 Å². The van der Waals surface area contributed by atoms with Gasteiger partial charge in [0.1, 0.15) is 22.3 Å². The molecule has 2 aromatic heterocycles. The summed E-state index contributed by atoms with van der Waals surface area (Å²) >= 11 is 0. The van der Waals surface area contributed by atoms with Gasteiger partial charge in [-0.3, -0.25) is 0 Å². The van der Waals surface area contributed by atoms with E-state index in [9.17, 15) is 0 Å². The van der Waals surface area contributed by atoms with Gasteiger partial charge in [-0.15, -0.1) is 0 Å². The molecular weight excluding hydrogens is 574 g/mol. The monoisotopic (exact) mass is 603 g/mol. The molecule has 9 aromatic rings. The van der Waals surface area contributed by atoms with E-state index in [1.165, 1.54) is 27.8 Å². The van der Waals surface area contributed by atoms with Crippen LogP contribution in [0.5, 0.6) is 0 Å². The third kappa shape index (κ3) is 3.74. The third-order valence-electron chi connectivity index (χ3n) is 10.1. The summed E-state index contributed by atoms with van der Waals surface area (Å²) in [5, 5.41) is 4.45. The highest BCUT2D eigenvalue weighted by Gasteiger charge is 2.40. The van der Waals surface area contributed by atoms with Crippen molar-refractivity contribution in [1.82, 2.24) is 0 Å². The molecule has 0 saturated heterocycles. The second kappa shape index (κ2) is 9.72. The van der Waals surface area contributed by atoms with Crippen molar-refractivity contribution < 1.29 is 8.83 Å². The molecule has 1 aliphatic carbocycles. The number of rotatable bonds is 4. The van der Waals surface area contributed by atoms with Gasteiger partial charge in [0.25, 0.3) is 0 Å². The van der Waals surface area contributed by atoms with Gasteiger partial charge in [0.05, 0.1) is 0 Å². The molecule has 10 rings (SSSR count). The van der Waals surface area contributed by atoms with Crippen LogP contribution in [0.3, 0.4) is 0 Å². The van der Waals surface area contributed by atoms with Crippen LogP contribution in [0.4, 0.5) is 17.1 Å². The fourth-order valence-corrected chi connectivity index (χ4v) is 7.86. The van der Waals surface area contributed by atoms with Gasteiger partial charge in [0, 0.05) is 50.1 Å². The Morgan fingerprint density at radius 3 is 1.74 bits per heavy atom. The number of benzene rings is 7. The lowest BCUT2D eigenvalue weighted by Crippen LogP contribution is -2.22. The third-order valence-corrected chi connectivity index (χ3v) is 10.1. The topological polar surface area (TPSA) is 29.5 Å². The molecule has 0 unspecified atom stereocenters. The molecule has 0 amide bonds. The number of furan rings is 2. The van der Waals surface area contributed by atoms with Crippen LogP contribution in [0.2, 0.25) is 0 Å². The molecule has 0 bridgehead atoms. The fourth-order valence-electron chi connectivity index (χ4n) is 7.86. The van der Waals surface area contributed by atoms with Gasteiger partial charge in [0.2, 0.25) is 0 Å². The van der Waals surface area contributed by atoms with Crippen LogP contribution in [-0.4, -0.2) is 0 Å². The van der Waals surface area contributed by atoms with Crippen molar-refractivity contribution in [2.75, 3.05) is 4.90 Å². The minimum Gasteiger partial charge on any atom is -0.456 e. The van der Waals surface area contributed by atoms with Crippen molar-refractivity contribution in [3.8, 4) is 11.1 Å². The fraction of sp³-hybridized carbons (Fsp3) is 0.0455. The van der Waals surface area contributed by atoms with Crippen molar-refractivity contribution in [3.63, 3.8) is 0 Å². The molecule has 3 heteroatoms. The molecule has 0 N–H and O–H groups in total. The Morgan fingerprint density at radius 2 is 0.957 bits per heavy atom. The summed E-state index contributed by atoms with van der Waals surface area (Å²) in [7, 11) is 0. The molecule has 3 nitrogen and oxygen atoms in total. The molecule has 2 heterocycles. The zero-order valence-electron chi connectivity index (χ0n) is 25.8. The van der Waals surface area contributed by atoms with E-state index in [0.29, 0.717) is 0 Å². The van der Waals surface area contributed by atoms with Gasteiger partial charge in [-0.05, 0) is 95.4 Å². The normalized spacial score (nSPS) is 13.4. The van der Waals surface area contributed by atoms with E-state index in [2.05, 4.69) is 157 Å². The summed E-state index contributed by atoms with van der Waals surface area (Å²) in [6.07, 6.45) is 0. The average molecular weight is 604 g/mol. The quantitative estimate of drug-likeness (QED) is 0.200. The molecule has 222 valence electrons. The van der Waals surface area contributed by atoms with E-state index in [0.717, 1.165) is 60.9 Å². The first kappa shape index (κ1) is 26.2. The number of nitrogens with zero attached hydrogens (tertiary/aromatic N) is 1. The smallest absolute Gasteiger partial charge is 0.137 e. The molecule has 0 spiro atoms. The lowest BCUT2D eigenvalue weighted by Gasteiger charge is -2.28. The minimum absolute atomic E-state index is 0.277. The molecule has 0 fully saturated rings. The molecule has 47 heavy (non-hydrogen) atoms. The predicted octanol–water partition coefficient (Wildman–Crippen LogP) is 12.3. The van der Waals surface area contributed by atoms with Crippen molar-refractivity contribution in [3.05, 3.63) is 174 Å². The van der Waals surface area contributed by atoms with E-state index in [1.807, 2.05) is 12.1 Å². The maximum Gasteiger partial charge on any atom is 0.137 e. The summed E-state index contributed by atoms with van der Waals surface area (Å²) < 4.78 is 12.8. The second-order valence-corrected chi connectivity index (χ2v) is 12.7. The van der Waals surface area contributed by atoms with Crippen LogP contribution in [0, 0.1) is 0 Å². The van der Waals surface area contributed by atoms with Gasteiger partial charge < -0.3 is 13.7 Å².